The quantitative estimate of drug-likeness (QED) is 0.667. The predicted octanol–water partition coefficient (Wildman–Crippen LogP) is 2.01. The molecule has 1 atom stereocenters. The lowest BCUT2D eigenvalue weighted by atomic mass is 9.98. The second-order valence-electron chi connectivity index (χ2n) is 5.12. The van der Waals surface area contributed by atoms with Crippen LogP contribution in [0.4, 0.5) is 4.79 Å². The van der Waals surface area contributed by atoms with Crippen molar-refractivity contribution in [2.24, 2.45) is 5.92 Å². The van der Waals surface area contributed by atoms with E-state index in [1.165, 1.54) is 0 Å². The molecule has 2 amide bonds. The third-order valence-electron chi connectivity index (χ3n) is 3.53. The molecule has 1 heterocycles. The maximum absolute atomic E-state index is 12.1. The predicted molar refractivity (Wildman–Crippen MR) is 81.4 cm³/mol. The van der Waals surface area contributed by atoms with Gasteiger partial charge in [-0.15, -0.1) is 0 Å². The number of ether oxygens (including phenoxy) is 2. The van der Waals surface area contributed by atoms with Crippen molar-refractivity contribution in [3.63, 3.8) is 0 Å². The average molecular weight is 306 g/mol. The van der Waals surface area contributed by atoms with Crippen LogP contribution in [0.1, 0.15) is 19.8 Å². The lowest BCUT2D eigenvalue weighted by Crippen LogP contribution is -2.48. The van der Waals surface area contributed by atoms with Crippen molar-refractivity contribution in [3.8, 4) is 5.75 Å². The summed E-state index contributed by atoms with van der Waals surface area (Å²) in [5, 5.41) is 2.70. The van der Waals surface area contributed by atoms with E-state index < -0.39 is 0 Å². The van der Waals surface area contributed by atoms with Crippen molar-refractivity contribution >= 4 is 12.0 Å². The smallest absolute Gasteiger partial charge is 0.320 e. The van der Waals surface area contributed by atoms with Gasteiger partial charge in [-0.25, -0.2) is 4.79 Å². The molecule has 1 aromatic rings. The number of para-hydroxylation sites is 1. The standard InChI is InChI=1S/C16H22N2O4/c1-2-21-15(19)13-7-6-10-18(11-13)16(20)17-12-22-14-8-4-3-5-9-14/h3-5,8-9,13H,2,6-7,10-12H2,1H3,(H,17,20). The molecule has 0 aliphatic carbocycles. The Kier molecular flexibility index (Phi) is 6.06. The van der Waals surface area contributed by atoms with Crippen LogP contribution in [0, 0.1) is 5.92 Å². The highest BCUT2D eigenvalue weighted by molar-refractivity contribution is 5.77. The number of carbonyl (C=O) groups is 2. The van der Waals surface area contributed by atoms with Gasteiger partial charge in [0, 0.05) is 13.1 Å². The monoisotopic (exact) mass is 306 g/mol. The van der Waals surface area contributed by atoms with Crippen LogP contribution in [0.25, 0.3) is 0 Å². The first-order valence-corrected chi connectivity index (χ1v) is 7.58. The van der Waals surface area contributed by atoms with E-state index in [2.05, 4.69) is 5.32 Å². The number of rotatable bonds is 5. The Labute approximate surface area is 130 Å². The maximum Gasteiger partial charge on any atom is 0.320 e. The number of hydrogen-bond donors (Lipinski definition) is 1. The van der Waals surface area contributed by atoms with Crippen molar-refractivity contribution in [3.05, 3.63) is 30.3 Å². The van der Waals surface area contributed by atoms with Crippen LogP contribution in [-0.4, -0.2) is 43.3 Å². The Balaban J connectivity index is 1.75. The molecule has 6 heteroatoms. The Hall–Kier alpha value is -2.24. The van der Waals surface area contributed by atoms with Gasteiger partial charge < -0.3 is 19.7 Å². The van der Waals surface area contributed by atoms with Gasteiger partial charge in [0.25, 0.3) is 0 Å². The van der Waals surface area contributed by atoms with Crippen molar-refractivity contribution in [2.75, 3.05) is 26.4 Å². The highest BCUT2D eigenvalue weighted by Crippen LogP contribution is 2.18. The first-order valence-electron chi connectivity index (χ1n) is 7.58. The zero-order valence-electron chi connectivity index (χ0n) is 12.8. The zero-order valence-corrected chi connectivity index (χ0v) is 12.8. The van der Waals surface area contributed by atoms with Gasteiger partial charge in [0.15, 0.2) is 6.73 Å². The first kappa shape index (κ1) is 16.1. The minimum atomic E-state index is -0.227. The number of piperidine rings is 1. The number of likely N-dealkylation sites (tertiary alicyclic amines) is 1. The van der Waals surface area contributed by atoms with E-state index in [-0.39, 0.29) is 24.6 Å². The summed E-state index contributed by atoms with van der Waals surface area (Å²) in [5.74, 6) is 0.251. The number of benzene rings is 1. The minimum absolute atomic E-state index is 0.101. The lowest BCUT2D eigenvalue weighted by molar-refractivity contribution is -0.149. The molecular weight excluding hydrogens is 284 g/mol. The Morgan fingerprint density at radius 3 is 2.82 bits per heavy atom. The molecule has 0 spiro atoms. The summed E-state index contributed by atoms with van der Waals surface area (Å²) in [5.41, 5.74) is 0. The molecule has 1 aliphatic heterocycles. The van der Waals surface area contributed by atoms with E-state index in [4.69, 9.17) is 9.47 Å². The lowest BCUT2D eigenvalue weighted by Gasteiger charge is -2.31. The highest BCUT2D eigenvalue weighted by Gasteiger charge is 2.29. The molecule has 1 unspecified atom stereocenters. The van der Waals surface area contributed by atoms with Crippen molar-refractivity contribution in [2.45, 2.75) is 19.8 Å². The molecule has 1 saturated heterocycles. The van der Waals surface area contributed by atoms with E-state index in [1.54, 1.807) is 11.8 Å². The third kappa shape index (κ3) is 4.65. The largest absolute Gasteiger partial charge is 0.473 e. The molecule has 0 bridgehead atoms. The van der Waals surface area contributed by atoms with Crippen molar-refractivity contribution < 1.29 is 19.1 Å². The number of esters is 1. The SMILES string of the molecule is CCOC(=O)C1CCCN(C(=O)NCOc2ccccc2)C1. The zero-order chi connectivity index (χ0) is 15.8. The molecule has 6 nitrogen and oxygen atoms in total. The van der Waals surface area contributed by atoms with Gasteiger partial charge in [-0.2, -0.15) is 0 Å². The summed E-state index contributed by atoms with van der Waals surface area (Å²) >= 11 is 0. The van der Waals surface area contributed by atoms with Crippen molar-refractivity contribution in [1.82, 2.24) is 10.2 Å². The normalized spacial score (nSPS) is 17.7. The highest BCUT2D eigenvalue weighted by atomic mass is 16.5. The first-order chi connectivity index (χ1) is 10.7. The van der Waals surface area contributed by atoms with E-state index >= 15 is 0 Å². The summed E-state index contributed by atoms with van der Waals surface area (Å²) in [6.07, 6.45) is 1.57. The molecule has 22 heavy (non-hydrogen) atoms. The van der Waals surface area contributed by atoms with Crippen molar-refractivity contribution in [1.29, 1.82) is 0 Å². The Morgan fingerprint density at radius 2 is 2.09 bits per heavy atom. The second kappa shape index (κ2) is 8.26. The van der Waals surface area contributed by atoms with Crippen LogP contribution in [0.15, 0.2) is 30.3 Å². The molecule has 2 rings (SSSR count). The molecule has 1 fully saturated rings. The molecule has 1 aromatic carbocycles. The molecule has 1 aliphatic rings. The van der Waals surface area contributed by atoms with Gasteiger partial charge in [-0.1, -0.05) is 18.2 Å². The summed E-state index contributed by atoms with van der Waals surface area (Å²) in [7, 11) is 0. The van der Waals surface area contributed by atoms with Gasteiger partial charge in [-0.05, 0) is 31.9 Å². The van der Waals surface area contributed by atoms with Gasteiger partial charge >= 0.3 is 12.0 Å². The number of urea groups is 1. The van der Waals surface area contributed by atoms with Crippen LogP contribution in [-0.2, 0) is 9.53 Å². The van der Waals surface area contributed by atoms with Gasteiger partial charge in [0.2, 0.25) is 0 Å². The molecule has 1 N–H and O–H groups in total. The van der Waals surface area contributed by atoms with Gasteiger partial charge in [0.05, 0.1) is 12.5 Å². The van der Waals surface area contributed by atoms with Crippen LogP contribution in [0.2, 0.25) is 0 Å². The summed E-state index contributed by atoms with van der Waals surface area (Å²) < 4.78 is 10.5. The van der Waals surface area contributed by atoms with Crippen LogP contribution < -0.4 is 10.1 Å². The van der Waals surface area contributed by atoms with E-state index in [9.17, 15) is 9.59 Å². The van der Waals surface area contributed by atoms with Gasteiger partial charge in [0.1, 0.15) is 5.75 Å². The number of nitrogens with one attached hydrogen (secondary N) is 1. The van der Waals surface area contributed by atoms with E-state index in [1.807, 2.05) is 30.3 Å². The topological polar surface area (TPSA) is 67.9 Å². The Morgan fingerprint density at radius 1 is 1.32 bits per heavy atom. The fourth-order valence-electron chi connectivity index (χ4n) is 2.42. The average Bonchev–Trinajstić information content (AvgIpc) is 2.56. The molecule has 0 radical (unpaired) electrons. The van der Waals surface area contributed by atoms with Crippen LogP contribution in [0.3, 0.4) is 0 Å². The maximum atomic E-state index is 12.1. The van der Waals surface area contributed by atoms with Crippen LogP contribution in [0.5, 0.6) is 5.75 Å². The Bertz CT molecular complexity index is 492. The van der Waals surface area contributed by atoms with E-state index in [0.29, 0.717) is 25.4 Å². The summed E-state index contributed by atoms with van der Waals surface area (Å²) in [4.78, 5) is 25.5. The van der Waals surface area contributed by atoms with E-state index in [0.717, 1.165) is 12.8 Å². The number of hydrogen-bond acceptors (Lipinski definition) is 4. The second-order valence-corrected chi connectivity index (χ2v) is 5.12. The summed E-state index contributed by atoms with van der Waals surface area (Å²) in [6, 6.07) is 9.06. The number of nitrogens with zero attached hydrogens (tertiary/aromatic N) is 1. The molecular formula is C16H22N2O4. The third-order valence-corrected chi connectivity index (χ3v) is 3.53. The number of amides is 2. The number of carbonyl (C=O) groups excluding carboxylic acids is 2. The fraction of sp³-hybridized carbons (Fsp3) is 0.500. The molecule has 0 aromatic heterocycles. The van der Waals surface area contributed by atoms with Crippen LogP contribution >= 0.6 is 0 Å². The molecule has 0 saturated carbocycles. The van der Waals surface area contributed by atoms with Gasteiger partial charge in [-0.3, -0.25) is 4.79 Å². The molecule has 120 valence electrons. The fourth-order valence-corrected chi connectivity index (χ4v) is 2.42. The summed E-state index contributed by atoms with van der Waals surface area (Å²) in [6.45, 7) is 3.30. The minimum Gasteiger partial charge on any atom is -0.473 e.